The zero-order valence-corrected chi connectivity index (χ0v) is 26.6. The van der Waals surface area contributed by atoms with Gasteiger partial charge in [-0.3, -0.25) is 0 Å². The highest BCUT2D eigenvalue weighted by molar-refractivity contribution is 6.32. The number of hydrogen-bond acceptors (Lipinski definition) is 1. The van der Waals surface area contributed by atoms with Crippen LogP contribution in [-0.2, 0) is 10.8 Å². The van der Waals surface area contributed by atoms with Crippen LogP contribution in [0.15, 0.2) is 119 Å². The monoisotopic (exact) mass is 583 g/mol. The lowest BCUT2D eigenvalue weighted by atomic mass is 9.78. The van der Waals surface area contributed by atoms with Crippen LogP contribution in [0.5, 0.6) is 0 Å². The lowest BCUT2D eigenvalue weighted by molar-refractivity contribution is -0.401. The first-order chi connectivity index (χ1) is 20.7. The van der Waals surface area contributed by atoms with E-state index in [0.29, 0.717) is 0 Å². The largest absolute Gasteiger partial charge is 0.378 e. The Balaban J connectivity index is 1.14. The molecule has 0 aromatic heterocycles. The minimum Gasteiger partial charge on any atom is -0.378 e. The fourth-order valence-corrected chi connectivity index (χ4v) is 8.06. The van der Waals surface area contributed by atoms with Gasteiger partial charge >= 0.3 is 0 Å². The molecule has 1 N–H and O–H groups in total. The van der Waals surface area contributed by atoms with Crippen LogP contribution in [0.1, 0.15) is 58.1 Å². The van der Waals surface area contributed by atoms with E-state index in [-0.39, 0.29) is 16.9 Å². The number of nitrogens with zero attached hydrogens (tertiary/aromatic N) is 1. The second-order valence-electron chi connectivity index (χ2n) is 13.4. The van der Waals surface area contributed by atoms with Crippen LogP contribution in [-0.4, -0.2) is 23.4 Å². The molecule has 0 saturated carbocycles. The van der Waals surface area contributed by atoms with Gasteiger partial charge in [0.25, 0.3) is 0 Å². The first kappa shape index (κ1) is 27.9. The topological polar surface area (TPSA) is 15.0 Å². The molecule has 3 heteroatoms. The van der Waals surface area contributed by atoms with Crippen molar-refractivity contribution in [3.8, 4) is 0 Å². The van der Waals surface area contributed by atoms with Crippen molar-refractivity contribution in [3.05, 3.63) is 130 Å². The minimum absolute atomic E-state index is 0.0223. The fourth-order valence-electron chi connectivity index (χ4n) is 7.74. The lowest BCUT2D eigenvalue weighted by Crippen LogP contribution is -2.31. The van der Waals surface area contributed by atoms with Crippen LogP contribution < -0.4 is 5.32 Å². The van der Waals surface area contributed by atoms with E-state index in [9.17, 15) is 0 Å². The predicted molar refractivity (Wildman–Crippen MR) is 185 cm³/mol. The van der Waals surface area contributed by atoms with Crippen molar-refractivity contribution in [3.63, 3.8) is 0 Å². The first-order valence-electron chi connectivity index (χ1n) is 15.5. The fraction of sp³-hybridized carbons (Fsp3) is 0.275. The summed E-state index contributed by atoms with van der Waals surface area (Å²) in [5, 5.41) is 9.95. The molecule has 4 aromatic carbocycles. The van der Waals surface area contributed by atoms with E-state index in [1.54, 1.807) is 0 Å². The Labute approximate surface area is 260 Å². The number of fused-ring (bicyclic) bond motifs is 6. The Morgan fingerprint density at radius 1 is 0.814 bits per heavy atom. The van der Waals surface area contributed by atoms with Gasteiger partial charge in [-0.25, -0.2) is 0 Å². The van der Waals surface area contributed by atoms with Gasteiger partial charge in [0, 0.05) is 33.8 Å². The van der Waals surface area contributed by atoms with E-state index >= 15 is 0 Å². The molecule has 1 aliphatic carbocycles. The summed E-state index contributed by atoms with van der Waals surface area (Å²) in [4.78, 5) is 0. The number of nitrogens with one attached hydrogen (secondary N) is 1. The average Bonchev–Trinajstić information content (AvgIpc) is 3.38. The molecule has 0 amide bonds. The second-order valence-corrected chi connectivity index (χ2v) is 13.8. The van der Waals surface area contributed by atoms with Crippen molar-refractivity contribution < 1.29 is 4.58 Å². The van der Waals surface area contributed by atoms with E-state index in [1.165, 1.54) is 60.9 Å². The third-order valence-corrected chi connectivity index (χ3v) is 10.5. The van der Waals surface area contributed by atoms with Crippen molar-refractivity contribution in [2.75, 3.05) is 12.4 Å². The molecule has 43 heavy (non-hydrogen) atoms. The molecular formula is C40H40ClN2+. The van der Waals surface area contributed by atoms with Crippen molar-refractivity contribution in [2.24, 2.45) is 0 Å². The van der Waals surface area contributed by atoms with Crippen LogP contribution in [0.3, 0.4) is 0 Å². The van der Waals surface area contributed by atoms with Gasteiger partial charge in [0.15, 0.2) is 5.71 Å². The third-order valence-electron chi connectivity index (χ3n) is 10.1. The molecule has 0 saturated heterocycles. The van der Waals surface area contributed by atoms with E-state index < -0.39 is 0 Å². The van der Waals surface area contributed by atoms with Gasteiger partial charge in [0.05, 0.1) is 11.5 Å². The molecule has 1 unspecified atom stereocenters. The highest BCUT2D eigenvalue weighted by Crippen LogP contribution is 2.46. The maximum Gasteiger partial charge on any atom is 0.210 e. The van der Waals surface area contributed by atoms with Gasteiger partial charge in [0.2, 0.25) is 5.69 Å². The van der Waals surface area contributed by atoms with Crippen molar-refractivity contribution in [2.45, 2.75) is 63.8 Å². The summed E-state index contributed by atoms with van der Waals surface area (Å²) in [6, 6.07) is 26.6. The predicted octanol–water partition coefficient (Wildman–Crippen LogP) is 10.5. The number of halogens is 1. The molecule has 2 heterocycles. The summed E-state index contributed by atoms with van der Waals surface area (Å²) in [6.45, 7) is 9.37. The van der Waals surface area contributed by atoms with Gasteiger partial charge in [-0.15, -0.1) is 0 Å². The lowest BCUT2D eigenvalue weighted by Gasteiger charge is -2.26. The van der Waals surface area contributed by atoms with Gasteiger partial charge in [-0.2, -0.15) is 4.58 Å². The maximum atomic E-state index is 7.09. The highest BCUT2D eigenvalue weighted by Gasteiger charge is 2.44. The van der Waals surface area contributed by atoms with Gasteiger partial charge < -0.3 is 5.32 Å². The number of allylic oxidation sites excluding steroid dienone is 7. The molecule has 216 valence electrons. The summed E-state index contributed by atoms with van der Waals surface area (Å²) in [5.41, 5.74) is 8.96. The van der Waals surface area contributed by atoms with Crippen LogP contribution in [0.2, 0.25) is 0 Å². The number of anilines is 1. The van der Waals surface area contributed by atoms with Gasteiger partial charge in [-0.05, 0) is 83.5 Å². The molecule has 0 bridgehead atoms. The first-order valence-corrected chi connectivity index (χ1v) is 15.9. The minimum atomic E-state index is -0.103. The van der Waals surface area contributed by atoms with Crippen LogP contribution >= 0.6 is 11.6 Å². The van der Waals surface area contributed by atoms with E-state index in [0.717, 1.165) is 24.3 Å². The van der Waals surface area contributed by atoms with Crippen LogP contribution in [0.4, 0.5) is 11.4 Å². The number of benzene rings is 4. The van der Waals surface area contributed by atoms with Gasteiger partial charge in [0.1, 0.15) is 7.05 Å². The molecule has 0 spiro atoms. The van der Waals surface area contributed by atoms with E-state index in [4.69, 9.17) is 11.6 Å². The van der Waals surface area contributed by atoms with Crippen molar-refractivity contribution in [1.82, 2.24) is 0 Å². The van der Waals surface area contributed by atoms with Gasteiger partial charge in [-0.1, -0.05) is 104 Å². The molecule has 4 aromatic rings. The molecule has 0 radical (unpaired) electrons. The molecule has 7 rings (SSSR count). The van der Waals surface area contributed by atoms with Crippen molar-refractivity contribution in [1.29, 1.82) is 0 Å². The quantitative estimate of drug-likeness (QED) is 0.236. The Kier molecular flexibility index (Phi) is 6.74. The average molecular weight is 584 g/mol. The molecule has 3 aliphatic rings. The van der Waals surface area contributed by atoms with E-state index in [1.807, 2.05) is 0 Å². The molecule has 2 nitrogen and oxygen atoms in total. The normalized spacial score (nSPS) is 21.9. The smallest absolute Gasteiger partial charge is 0.210 e. The number of rotatable bonds is 4. The standard InChI is InChI=1S/C40H40ClN2/c1-39(2)34(42-32-23-20-26-12-6-8-17-30(26)36(32)39)19-11-16-28-14-10-15-29(38(28)41)22-25-35-40(3,4)37-31-18-9-7-13-27(31)21-24-33(37)43(35)5/h6-9,11-13,16-25,34,42H,10,14-15H2,1-5H3/q+1. The second kappa shape index (κ2) is 10.4. The Hall–Kier alpha value is -3.88. The zero-order valence-electron chi connectivity index (χ0n) is 25.8. The van der Waals surface area contributed by atoms with Crippen LogP contribution in [0.25, 0.3) is 21.5 Å². The summed E-state index contributed by atoms with van der Waals surface area (Å²) in [6.07, 6.45) is 14.4. The molecule has 0 fully saturated rings. The summed E-state index contributed by atoms with van der Waals surface area (Å²) in [7, 11) is 2.19. The summed E-state index contributed by atoms with van der Waals surface area (Å²) >= 11 is 7.09. The SMILES string of the molecule is C[N+]1=C(C=CC2=C(Cl)C(=CC=CC3Nc4ccc5ccccc5c4C3(C)C)CCC2)C(C)(C)c2c1ccc1ccccc21. The summed E-state index contributed by atoms with van der Waals surface area (Å²) in [5.74, 6) is 0. The number of hydrogen-bond donors (Lipinski definition) is 1. The molecular weight excluding hydrogens is 544 g/mol. The Morgan fingerprint density at radius 3 is 2.23 bits per heavy atom. The third kappa shape index (κ3) is 4.50. The van der Waals surface area contributed by atoms with Crippen molar-refractivity contribution >= 4 is 50.2 Å². The van der Waals surface area contributed by atoms with E-state index in [2.05, 4.69) is 148 Å². The Morgan fingerprint density at radius 2 is 1.49 bits per heavy atom. The molecule has 1 atom stereocenters. The molecule has 2 aliphatic heterocycles. The maximum absolute atomic E-state index is 7.09. The summed E-state index contributed by atoms with van der Waals surface area (Å²) < 4.78 is 2.35. The Bertz CT molecular complexity index is 1950. The zero-order chi connectivity index (χ0) is 29.9. The van der Waals surface area contributed by atoms with Crippen LogP contribution in [0, 0.1) is 0 Å². The highest BCUT2D eigenvalue weighted by atomic mass is 35.5.